The molecule has 0 bridgehead atoms. The molecule has 1 aliphatic heterocycles. The summed E-state index contributed by atoms with van der Waals surface area (Å²) in [6.45, 7) is 8.89. The van der Waals surface area contributed by atoms with Gasteiger partial charge in [-0.2, -0.15) is 0 Å². The molecule has 1 aliphatic rings. The molecule has 148 valence electrons. The molecule has 0 aliphatic carbocycles. The molecular weight excluding hydrogens is 372 g/mol. The second-order valence-electron chi connectivity index (χ2n) is 7.85. The second-order valence-corrected chi connectivity index (χ2v) is 8.81. The van der Waals surface area contributed by atoms with E-state index in [2.05, 4.69) is 99.7 Å². The minimum atomic E-state index is 0.0996. The highest BCUT2D eigenvalue weighted by Crippen LogP contribution is 2.38. The summed E-state index contributed by atoms with van der Waals surface area (Å²) in [5, 5.41) is 4.74. The predicted octanol–water partition coefficient (Wildman–Crippen LogP) is 6.60. The molecule has 0 saturated heterocycles. The molecule has 0 amide bonds. The van der Waals surface area contributed by atoms with Crippen LogP contribution in [0.25, 0.3) is 0 Å². The van der Waals surface area contributed by atoms with Crippen molar-refractivity contribution in [3.63, 3.8) is 0 Å². The maximum Gasteiger partial charge on any atom is 0.158 e. The van der Waals surface area contributed by atoms with Crippen molar-refractivity contribution in [1.82, 2.24) is 5.32 Å². The van der Waals surface area contributed by atoms with Crippen LogP contribution in [0.3, 0.4) is 0 Å². The zero-order chi connectivity index (χ0) is 20.4. The average molecular weight is 401 g/mol. The summed E-state index contributed by atoms with van der Waals surface area (Å²) in [5.41, 5.74) is 9.51. The molecule has 0 unspecified atom stereocenters. The Morgan fingerprint density at radius 3 is 1.93 bits per heavy atom. The molecule has 1 heterocycles. The molecule has 3 heteroatoms. The standard InChI is InChI=1S/C26H28N2S/c1-17-15-18(2)20(4)23(19(17)3)16-29-26-27-24(21-11-7-5-8-12-21)25(28-26)22-13-9-6-10-14-22/h5-15,24-25H,16H2,1-4H3,(H,27,28)/t24-,25+. The van der Waals surface area contributed by atoms with Gasteiger partial charge in [0.2, 0.25) is 0 Å². The molecule has 2 nitrogen and oxygen atoms in total. The van der Waals surface area contributed by atoms with E-state index in [1.165, 1.54) is 38.9 Å². The lowest BCUT2D eigenvalue weighted by Crippen LogP contribution is -2.22. The van der Waals surface area contributed by atoms with Crippen molar-refractivity contribution in [1.29, 1.82) is 0 Å². The maximum absolute atomic E-state index is 5.10. The van der Waals surface area contributed by atoms with Crippen LogP contribution in [0.5, 0.6) is 0 Å². The Balaban J connectivity index is 1.60. The Kier molecular flexibility index (Phi) is 5.77. The number of thioether (sulfide) groups is 1. The number of amidine groups is 1. The highest BCUT2D eigenvalue weighted by atomic mass is 32.2. The lowest BCUT2D eigenvalue weighted by molar-refractivity contribution is 0.573. The van der Waals surface area contributed by atoms with Crippen molar-refractivity contribution in [2.24, 2.45) is 4.99 Å². The highest BCUT2D eigenvalue weighted by Gasteiger charge is 2.31. The lowest BCUT2D eigenvalue weighted by atomic mass is 9.95. The van der Waals surface area contributed by atoms with Crippen molar-refractivity contribution in [2.75, 3.05) is 0 Å². The molecule has 2 atom stereocenters. The fourth-order valence-corrected chi connectivity index (χ4v) is 5.14. The first kappa shape index (κ1) is 19.8. The fraction of sp³-hybridized carbons (Fsp3) is 0.269. The third-order valence-corrected chi connectivity index (χ3v) is 6.96. The van der Waals surface area contributed by atoms with Crippen molar-refractivity contribution < 1.29 is 0 Å². The van der Waals surface area contributed by atoms with Gasteiger partial charge in [-0.25, -0.2) is 0 Å². The van der Waals surface area contributed by atoms with Gasteiger partial charge in [-0.15, -0.1) is 0 Å². The van der Waals surface area contributed by atoms with Gasteiger partial charge >= 0.3 is 0 Å². The third kappa shape index (κ3) is 4.11. The number of hydrogen-bond donors (Lipinski definition) is 1. The summed E-state index contributed by atoms with van der Waals surface area (Å²) in [6.07, 6.45) is 0. The highest BCUT2D eigenvalue weighted by molar-refractivity contribution is 8.13. The van der Waals surface area contributed by atoms with Crippen LogP contribution in [0, 0.1) is 27.7 Å². The topological polar surface area (TPSA) is 24.4 Å². The summed E-state index contributed by atoms with van der Waals surface area (Å²) >= 11 is 1.82. The monoisotopic (exact) mass is 400 g/mol. The van der Waals surface area contributed by atoms with E-state index in [1.807, 2.05) is 11.8 Å². The quantitative estimate of drug-likeness (QED) is 0.534. The van der Waals surface area contributed by atoms with Gasteiger partial charge in [0.15, 0.2) is 5.17 Å². The van der Waals surface area contributed by atoms with E-state index in [9.17, 15) is 0 Å². The fourth-order valence-electron chi connectivity index (χ4n) is 4.03. The van der Waals surface area contributed by atoms with Crippen LogP contribution in [0.4, 0.5) is 0 Å². The lowest BCUT2D eigenvalue weighted by Gasteiger charge is -2.19. The number of hydrogen-bond acceptors (Lipinski definition) is 3. The SMILES string of the molecule is Cc1cc(C)c(C)c(CSC2=N[C@H](c3ccccc3)[C@H](c3ccccc3)N2)c1C. The van der Waals surface area contributed by atoms with Crippen molar-refractivity contribution >= 4 is 16.9 Å². The number of aliphatic imine (C=N–C) groups is 1. The van der Waals surface area contributed by atoms with E-state index in [0.717, 1.165) is 10.9 Å². The minimum Gasteiger partial charge on any atom is -0.356 e. The van der Waals surface area contributed by atoms with Crippen molar-refractivity contribution in [3.8, 4) is 0 Å². The Morgan fingerprint density at radius 2 is 1.34 bits per heavy atom. The van der Waals surface area contributed by atoms with Gasteiger partial charge in [0.25, 0.3) is 0 Å². The Morgan fingerprint density at radius 1 is 0.793 bits per heavy atom. The number of nitrogens with zero attached hydrogens (tertiary/aromatic N) is 1. The molecule has 1 N–H and O–H groups in total. The number of nitrogens with one attached hydrogen (secondary N) is 1. The molecule has 3 aromatic carbocycles. The molecule has 0 saturated carbocycles. The normalized spacial score (nSPS) is 18.4. The third-order valence-electron chi connectivity index (χ3n) is 6.03. The number of aryl methyl sites for hydroxylation is 2. The molecule has 0 fully saturated rings. The van der Waals surface area contributed by atoms with E-state index < -0.39 is 0 Å². The van der Waals surface area contributed by atoms with E-state index >= 15 is 0 Å². The van der Waals surface area contributed by atoms with Crippen molar-refractivity contribution in [2.45, 2.75) is 45.5 Å². The summed E-state index contributed by atoms with van der Waals surface area (Å²) in [5.74, 6) is 0.940. The molecular formula is C26H28N2S. The Hall–Kier alpha value is -2.52. The van der Waals surface area contributed by atoms with Crippen LogP contribution in [0.1, 0.15) is 51.0 Å². The molecule has 3 aromatic rings. The van der Waals surface area contributed by atoms with Crippen LogP contribution in [-0.2, 0) is 5.75 Å². The van der Waals surface area contributed by atoms with Gasteiger partial charge in [-0.05, 0) is 66.6 Å². The van der Waals surface area contributed by atoms with Crippen LogP contribution in [0.15, 0.2) is 71.7 Å². The summed E-state index contributed by atoms with van der Waals surface area (Å²) in [7, 11) is 0. The van der Waals surface area contributed by atoms with Gasteiger partial charge in [-0.1, -0.05) is 78.5 Å². The second kappa shape index (κ2) is 8.46. The van der Waals surface area contributed by atoms with Crippen LogP contribution in [0.2, 0.25) is 0 Å². The zero-order valence-electron chi connectivity index (χ0n) is 17.6. The van der Waals surface area contributed by atoms with Crippen LogP contribution in [-0.4, -0.2) is 5.17 Å². The Bertz CT molecular complexity index is 999. The number of benzene rings is 3. The first-order valence-corrected chi connectivity index (χ1v) is 11.2. The number of rotatable bonds is 4. The summed E-state index contributed by atoms with van der Waals surface area (Å²) in [6, 6.07) is 23.8. The van der Waals surface area contributed by atoms with Crippen LogP contribution >= 0.6 is 11.8 Å². The first-order valence-electron chi connectivity index (χ1n) is 10.2. The van der Waals surface area contributed by atoms with Gasteiger partial charge < -0.3 is 5.32 Å². The van der Waals surface area contributed by atoms with E-state index in [4.69, 9.17) is 4.99 Å². The van der Waals surface area contributed by atoms with Gasteiger partial charge in [0.05, 0.1) is 6.04 Å². The largest absolute Gasteiger partial charge is 0.356 e. The predicted molar refractivity (Wildman–Crippen MR) is 126 cm³/mol. The summed E-state index contributed by atoms with van der Waals surface area (Å²) < 4.78 is 0. The van der Waals surface area contributed by atoms with Crippen molar-refractivity contribution in [3.05, 3.63) is 106 Å². The van der Waals surface area contributed by atoms with Gasteiger partial charge in [0, 0.05) is 5.75 Å². The average Bonchev–Trinajstić information content (AvgIpc) is 3.18. The summed E-state index contributed by atoms with van der Waals surface area (Å²) in [4.78, 5) is 5.10. The van der Waals surface area contributed by atoms with Crippen LogP contribution < -0.4 is 5.32 Å². The smallest absolute Gasteiger partial charge is 0.158 e. The molecule has 0 radical (unpaired) electrons. The maximum atomic E-state index is 5.10. The molecule has 0 spiro atoms. The van der Waals surface area contributed by atoms with Gasteiger partial charge in [-0.3, -0.25) is 4.99 Å². The first-order chi connectivity index (χ1) is 14.0. The molecule has 4 rings (SSSR count). The minimum absolute atomic E-state index is 0.0996. The molecule has 29 heavy (non-hydrogen) atoms. The zero-order valence-corrected chi connectivity index (χ0v) is 18.4. The van der Waals surface area contributed by atoms with Gasteiger partial charge in [0.1, 0.15) is 6.04 Å². The van der Waals surface area contributed by atoms with E-state index in [0.29, 0.717) is 0 Å². The Labute approximate surface area is 178 Å². The van der Waals surface area contributed by atoms with E-state index in [1.54, 1.807) is 0 Å². The van der Waals surface area contributed by atoms with E-state index in [-0.39, 0.29) is 12.1 Å². The molecule has 0 aromatic heterocycles.